The number of hydrogen-bond donors (Lipinski definition) is 0. The molecule has 3 nitrogen and oxygen atoms in total. The van der Waals surface area contributed by atoms with Crippen LogP contribution in [0.15, 0.2) is 158 Å². The van der Waals surface area contributed by atoms with Gasteiger partial charge in [-0.2, -0.15) is 0 Å². The number of hydrogen-bond acceptors (Lipinski definition) is 2. The molecule has 1 heterocycles. The Morgan fingerprint density at radius 1 is 0.545 bits per heavy atom. The lowest BCUT2D eigenvalue weighted by atomic mass is 9.96. The van der Waals surface area contributed by atoms with E-state index >= 15 is 0 Å². The molecular weight excluding hydrogens is 541 g/mol. The van der Waals surface area contributed by atoms with Crippen molar-refractivity contribution in [2.75, 3.05) is 4.90 Å². The highest BCUT2D eigenvalue weighted by molar-refractivity contribution is 6.05. The van der Waals surface area contributed by atoms with E-state index in [1.807, 2.05) is 91.0 Å². The molecule has 0 fully saturated rings. The maximum Gasteiger partial charge on any atom is 0.187 e. The minimum atomic E-state index is -0.294. The topological polar surface area (TPSA) is 20.5 Å². The van der Waals surface area contributed by atoms with Gasteiger partial charge in [-0.1, -0.05) is 115 Å². The van der Waals surface area contributed by atoms with E-state index in [0.717, 1.165) is 61.5 Å². The zero-order valence-corrected chi connectivity index (χ0v) is 23.7. The molecule has 0 aliphatic rings. The molecule has 0 aliphatic carbocycles. The van der Waals surface area contributed by atoms with Gasteiger partial charge in [0.15, 0.2) is 5.69 Å². The third kappa shape index (κ3) is 5.08. The van der Waals surface area contributed by atoms with Crippen molar-refractivity contribution >= 4 is 33.7 Å². The number of pyridine rings is 1. The van der Waals surface area contributed by atoms with Gasteiger partial charge in [0.2, 0.25) is 0 Å². The van der Waals surface area contributed by atoms with Crippen LogP contribution in [0.5, 0.6) is 0 Å². The Hall–Kier alpha value is -6.05. The number of anilines is 3. The highest BCUT2D eigenvalue weighted by atomic mass is 19.1. The first-order valence-electron chi connectivity index (χ1n) is 14.4. The van der Waals surface area contributed by atoms with Crippen LogP contribution in [-0.4, -0.2) is 4.98 Å². The number of rotatable bonds is 6. The van der Waals surface area contributed by atoms with Gasteiger partial charge in [-0.25, -0.2) is 14.2 Å². The molecule has 0 aliphatic heterocycles. The van der Waals surface area contributed by atoms with Crippen LogP contribution in [0.4, 0.5) is 27.1 Å². The molecule has 0 N–H and O–H groups in total. The molecule has 0 spiro atoms. The summed E-state index contributed by atoms with van der Waals surface area (Å²) < 4.78 is 14.5. The van der Waals surface area contributed by atoms with Crippen molar-refractivity contribution in [2.45, 2.75) is 0 Å². The van der Waals surface area contributed by atoms with Crippen LogP contribution in [0.25, 0.3) is 49.3 Å². The Morgan fingerprint density at radius 2 is 1.18 bits per heavy atom. The number of fused-ring (bicyclic) bond motifs is 1. The molecule has 0 saturated carbocycles. The van der Waals surface area contributed by atoms with Crippen LogP contribution in [-0.2, 0) is 0 Å². The second kappa shape index (κ2) is 11.7. The molecule has 4 heteroatoms. The van der Waals surface area contributed by atoms with Crippen molar-refractivity contribution in [3.8, 4) is 33.5 Å². The van der Waals surface area contributed by atoms with E-state index in [0.29, 0.717) is 5.69 Å². The Morgan fingerprint density at radius 3 is 1.91 bits per heavy atom. The molecule has 0 atom stereocenters. The molecule has 208 valence electrons. The lowest BCUT2D eigenvalue weighted by Gasteiger charge is -2.29. The third-order valence-corrected chi connectivity index (χ3v) is 7.73. The van der Waals surface area contributed by atoms with Crippen LogP contribution in [0.3, 0.4) is 0 Å². The minimum absolute atomic E-state index is 0.294. The Balaban J connectivity index is 1.55. The van der Waals surface area contributed by atoms with Crippen molar-refractivity contribution in [2.24, 2.45) is 0 Å². The highest BCUT2D eigenvalue weighted by Gasteiger charge is 2.21. The highest BCUT2D eigenvalue weighted by Crippen LogP contribution is 2.45. The number of nitrogens with zero attached hydrogens (tertiary/aromatic N) is 3. The average Bonchev–Trinajstić information content (AvgIpc) is 3.09. The smallest absolute Gasteiger partial charge is 0.187 e. The van der Waals surface area contributed by atoms with Gasteiger partial charge in [0.1, 0.15) is 5.82 Å². The summed E-state index contributed by atoms with van der Waals surface area (Å²) in [6, 6.07) is 51.2. The normalized spacial score (nSPS) is 10.8. The molecule has 7 aromatic rings. The van der Waals surface area contributed by atoms with Crippen molar-refractivity contribution in [3.05, 3.63) is 175 Å². The van der Waals surface area contributed by atoms with Crippen LogP contribution in [0.1, 0.15) is 0 Å². The standard InChI is InChI=1S/C40H26FN3/c1-42-32-22-24-33(25-23-32)44(38-20-9-8-18-34(38)30-16-10-17-31(41)26-30)39-21-11-19-35-36(28-12-4-2-5-13-28)27-37(43-40(35)39)29-14-6-3-7-15-29/h2-27H. The van der Waals surface area contributed by atoms with Crippen LogP contribution >= 0.6 is 0 Å². The van der Waals surface area contributed by atoms with Crippen molar-refractivity contribution in [3.63, 3.8) is 0 Å². The number of aromatic nitrogens is 1. The van der Waals surface area contributed by atoms with Gasteiger partial charge in [0.05, 0.1) is 29.2 Å². The van der Waals surface area contributed by atoms with Gasteiger partial charge in [0, 0.05) is 22.2 Å². The lowest BCUT2D eigenvalue weighted by molar-refractivity contribution is 0.628. The molecule has 0 bridgehead atoms. The van der Waals surface area contributed by atoms with Gasteiger partial charge in [-0.05, 0) is 59.2 Å². The van der Waals surface area contributed by atoms with Crippen molar-refractivity contribution < 1.29 is 4.39 Å². The Bertz CT molecular complexity index is 2130. The number of benzene rings is 6. The van der Waals surface area contributed by atoms with Crippen LogP contribution in [0, 0.1) is 12.4 Å². The van der Waals surface area contributed by atoms with Gasteiger partial charge < -0.3 is 4.90 Å². The maximum atomic E-state index is 14.5. The van der Waals surface area contributed by atoms with Crippen molar-refractivity contribution in [1.82, 2.24) is 4.98 Å². The second-order valence-corrected chi connectivity index (χ2v) is 10.5. The molecule has 7 rings (SSSR count). The summed E-state index contributed by atoms with van der Waals surface area (Å²) in [6.07, 6.45) is 0. The quantitative estimate of drug-likeness (QED) is 0.186. The fraction of sp³-hybridized carbons (Fsp3) is 0. The van der Waals surface area contributed by atoms with E-state index in [9.17, 15) is 4.39 Å². The maximum absolute atomic E-state index is 14.5. The first-order chi connectivity index (χ1) is 21.7. The van der Waals surface area contributed by atoms with E-state index in [1.165, 1.54) is 6.07 Å². The van der Waals surface area contributed by atoms with Crippen molar-refractivity contribution in [1.29, 1.82) is 0 Å². The lowest BCUT2D eigenvalue weighted by Crippen LogP contribution is -2.12. The molecule has 0 unspecified atom stereocenters. The predicted octanol–water partition coefficient (Wildman–Crippen LogP) is 11.4. The SMILES string of the molecule is [C-]#[N+]c1ccc(N(c2ccccc2-c2cccc(F)c2)c2cccc3c(-c4ccccc4)cc(-c4ccccc4)nc23)cc1. The molecule has 1 aromatic heterocycles. The second-order valence-electron chi connectivity index (χ2n) is 10.5. The van der Waals surface area contributed by atoms with Gasteiger partial charge in [0.25, 0.3) is 0 Å². The summed E-state index contributed by atoms with van der Waals surface area (Å²) in [5.74, 6) is -0.294. The fourth-order valence-electron chi connectivity index (χ4n) is 5.68. The predicted molar refractivity (Wildman–Crippen MR) is 179 cm³/mol. The van der Waals surface area contributed by atoms with E-state index in [2.05, 4.69) is 58.3 Å². The molecule has 0 radical (unpaired) electrons. The molecule has 44 heavy (non-hydrogen) atoms. The Kier molecular flexibility index (Phi) is 7.12. The van der Waals surface area contributed by atoms with Gasteiger partial charge in [-0.3, -0.25) is 0 Å². The monoisotopic (exact) mass is 567 g/mol. The summed E-state index contributed by atoms with van der Waals surface area (Å²) in [7, 11) is 0. The third-order valence-electron chi connectivity index (χ3n) is 7.73. The zero-order valence-electron chi connectivity index (χ0n) is 23.7. The number of halogens is 1. The number of para-hydroxylation sites is 2. The summed E-state index contributed by atoms with van der Waals surface area (Å²) >= 11 is 0. The van der Waals surface area contributed by atoms with E-state index < -0.39 is 0 Å². The Labute approximate surface area is 256 Å². The minimum Gasteiger partial charge on any atom is -0.308 e. The van der Waals surface area contributed by atoms with Gasteiger partial charge in [-0.15, -0.1) is 0 Å². The van der Waals surface area contributed by atoms with Crippen LogP contribution < -0.4 is 4.90 Å². The molecular formula is C40H26FN3. The largest absolute Gasteiger partial charge is 0.308 e. The summed E-state index contributed by atoms with van der Waals surface area (Å²) in [6.45, 7) is 7.50. The molecule has 0 saturated heterocycles. The van der Waals surface area contributed by atoms with Gasteiger partial charge >= 0.3 is 0 Å². The van der Waals surface area contributed by atoms with E-state index in [4.69, 9.17) is 11.6 Å². The zero-order chi connectivity index (χ0) is 29.9. The molecule has 0 amide bonds. The van der Waals surface area contributed by atoms with E-state index in [1.54, 1.807) is 12.1 Å². The molecule has 6 aromatic carbocycles. The fourth-order valence-corrected chi connectivity index (χ4v) is 5.68. The first-order valence-corrected chi connectivity index (χ1v) is 14.4. The average molecular weight is 568 g/mol. The van der Waals surface area contributed by atoms with E-state index in [-0.39, 0.29) is 5.82 Å². The van der Waals surface area contributed by atoms with Crippen LogP contribution in [0.2, 0.25) is 0 Å². The summed E-state index contributed by atoms with van der Waals surface area (Å²) in [4.78, 5) is 11.1. The summed E-state index contributed by atoms with van der Waals surface area (Å²) in [5.41, 5.74) is 9.71. The summed E-state index contributed by atoms with van der Waals surface area (Å²) in [5, 5.41) is 1.01. The first kappa shape index (κ1) is 26.8.